The van der Waals surface area contributed by atoms with Gasteiger partial charge in [0, 0.05) is 16.0 Å². The summed E-state index contributed by atoms with van der Waals surface area (Å²) in [5.41, 5.74) is 4.51. The van der Waals surface area contributed by atoms with Gasteiger partial charge in [-0.2, -0.15) is 5.10 Å². The highest BCUT2D eigenvalue weighted by Gasteiger charge is 2.10. The summed E-state index contributed by atoms with van der Waals surface area (Å²) in [5.74, 6) is -0.0515. The topological polar surface area (TPSA) is 93.6 Å². The molecule has 3 rings (SSSR count). The van der Waals surface area contributed by atoms with Crippen molar-refractivity contribution in [2.75, 3.05) is 5.43 Å². The van der Waals surface area contributed by atoms with Crippen LogP contribution in [0.15, 0.2) is 51.3 Å². The molecular weight excluding hydrogens is 340 g/mol. The molecule has 1 aromatic carbocycles. The molecule has 0 spiro atoms. The smallest absolute Gasteiger partial charge is 0.400 e. The van der Waals surface area contributed by atoms with Crippen molar-refractivity contribution in [1.29, 1.82) is 0 Å². The fraction of sp³-hybridized carbons (Fsp3) is 0. The molecule has 1 N–H and O–H groups in total. The van der Waals surface area contributed by atoms with E-state index in [-0.39, 0.29) is 11.6 Å². The predicted molar refractivity (Wildman–Crippen MR) is 89.1 cm³/mol. The molecule has 0 saturated heterocycles. The molecule has 0 unspecified atom stereocenters. The fourth-order valence-corrected chi connectivity index (χ4v) is 2.53. The average Bonchev–Trinajstić information content (AvgIpc) is 3.18. The van der Waals surface area contributed by atoms with E-state index >= 15 is 0 Å². The third-order valence-corrected chi connectivity index (χ3v) is 3.79. The van der Waals surface area contributed by atoms with Crippen molar-refractivity contribution in [2.24, 2.45) is 5.10 Å². The van der Waals surface area contributed by atoms with Gasteiger partial charge in [0.1, 0.15) is 4.92 Å². The van der Waals surface area contributed by atoms with Crippen LogP contribution in [-0.4, -0.2) is 16.1 Å². The van der Waals surface area contributed by atoms with Crippen LogP contribution in [0.25, 0.3) is 11.3 Å². The van der Waals surface area contributed by atoms with Crippen LogP contribution in [0.4, 0.5) is 11.0 Å². The molecule has 0 amide bonds. The molecule has 23 heavy (non-hydrogen) atoms. The maximum absolute atomic E-state index is 10.5. The normalized spacial score (nSPS) is 11.0. The molecule has 0 atom stereocenters. The van der Waals surface area contributed by atoms with Gasteiger partial charge in [0.2, 0.25) is 5.13 Å². The number of aromatic nitrogens is 1. The highest BCUT2D eigenvalue weighted by molar-refractivity contribution is 7.14. The second-order valence-electron chi connectivity index (χ2n) is 4.35. The Morgan fingerprint density at radius 3 is 2.78 bits per heavy atom. The minimum absolute atomic E-state index is 0.277. The second-order valence-corrected chi connectivity index (χ2v) is 5.64. The Kier molecular flexibility index (Phi) is 4.35. The zero-order valence-corrected chi connectivity index (χ0v) is 13.0. The van der Waals surface area contributed by atoms with Crippen molar-refractivity contribution in [2.45, 2.75) is 0 Å². The first-order valence-electron chi connectivity index (χ1n) is 6.36. The molecule has 2 heterocycles. The van der Waals surface area contributed by atoms with Crippen LogP contribution in [0, 0.1) is 10.1 Å². The van der Waals surface area contributed by atoms with Gasteiger partial charge in [-0.25, -0.2) is 4.98 Å². The number of anilines is 1. The Balaban J connectivity index is 1.65. The first-order chi connectivity index (χ1) is 11.1. The van der Waals surface area contributed by atoms with E-state index in [0.29, 0.717) is 10.2 Å². The minimum Gasteiger partial charge on any atom is -0.400 e. The molecule has 116 valence electrons. The molecular formula is C14H9ClN4O3S. The molecule has 0 fully saturated rings. The number of nitrogens with zero attached hydrogens (tertiary/aromatic N) is 3. The Morgan fingerprint density at radius 2 is 2.09 bits per heavy atom. The zero-order valence-electron chi connectivity index (χ0n) is 11.5. The number of thiazole rings is 1. The van der Waals surface area contributed by atoms with E-state index in [2.05, 4.69) is 15.5 Å². The maximum Gasteiger partial charge on any atom is 0.433 e. The number of benzene rings is 1. The number of nitro groups is 1. The van der Waals surface area contributed by atoms with Crippen LogP contribution in [-0.2, 0) is 0 Å². The summed E-state index contributed by atoms with van der Waals surface area (Å²) in [4.78, 5) is 14.3. The molecule has 9 heteroatoms. The number of rotatable bonds is 5. The number of nitrogens with one attached hydrogen (secondary N) is 1. The van der Waals surface area contributed by atoms with Crippen molar-refractivity contribution >= 4 is 40.2 Å². The van der Waals surface area contributed by atoms with Gasteiger partial charge in [0.25, 0.3) is 0 Å². The largest absolute Gasteiger partial charge is 0.433 e. The molecule has 2 aromatic heterocycles. The van der Waals surface area contributed by atoms with Gasteiger partial charge >= 0.3 is 5.88 Å². The molecule has 0 saturated carbocycles. The number of hydrogen-bond acceptors (Lipinski definition) is 7. The second kappa shape index (κ2) is 6.59. The maximum atomic E-state index is 10.5. The van der Waals surface area contributed by atoms with Crippen LogP contribution in [0.1, 0.15) is 5.76 Å². The van der Waals surface area contributed by atoms with E-state index in [1.54, 1.807) is 12.1 Å². The SMILES string of the molecule is O=[N+]([O-])c1ccc(/C=N\Nc2nc(-c3ccc(Cl)cc3)cs2)o1. The quantitative estimate of drug-likeness (QED) is 0.418. The van der Waals surface area contributed by atoms with E-state index in [1.165, 1.54) is 29.7 Å². The van der Waals surface area contributed by atoms with Gasteiger partial charge in [0.15, 0.2) is 5.76 Å². The fourth-order valence-electron chi connectivity index (χ4n) is 1.74. The first kappa shape index (κ1) is 15.2. The molecule has 0 aliphatic heterocycles. The van der Waals surface area contributed by atoms with E-state index in [0.717, 1.165) is 11.3 Å². The van der Waals surface area contributed by atoms with Crippen LogP contribution < -0.4 is 5.43 Å². The van der Waals surface area contributed by atoms with Gasteiger partial charge < -0.3 is 4.42 Å². The zero-order chi connectivity index (χ0) is 16.2. The molecule has 0 radical (unpaired) electrons. The molecule has 7 nitrogen and oxygen atoms in total. The summed E-state index contributed by atoms with van der Waals surface area (Å²) in [7, 11) is 0. The lowest BCUT2D eigenvalue weighted by molar-refractivity contribution is -0.402. The first-order valence-corrected chi connectivity index (χ1v) is 7.62. The van der Waals surface area contributed by atoms with Crippen molar-refractivity contribution in [3.8, 4) is 11.3 Å². The summed E-state index contributed by atoms with van der Waals surface area (Å²) in [5, 5.41) is 17.6. The van der Waals surface area contributed by atoms with Crippen molar-refractivity contribution < 1.29 is 9.34 Å². The number of hydrazone groups is 1. The highest BCUT2D eigenvalue weighted by Crippen LogP contribution is 2.26. The van der Waals surface area contributed by atoms with E-state index < -0.39 is 4.92 Å². The summed E-state index contributed by atoms with van der Waals surface area (Å²) < 4.78 is 4.95. The Bertz CT molecular complexity index is 857. The summed E-state index contributed by atoms with van der Waals surface area (Å²) >= 11 is 7.24. The van der Waals surface area contributed by atoms with Gasteiger partial charge in [0.05, 0.1) is 18.0 Å². The lowest BCUT2D eigenvalue weighted by Gasteiger charge is -1.96. The molecule has 0 aliphatic carbocycles. The lowest BCUT2D eigenvalue weighted by Crippen LogP contribution is -1.89. The van der Waals surface area contributed by atoms with Crippen molar-refractivity contribution in [3.05, 3.63) is 62.7 Å². The van der Waals surface area contributed by atoms with Gasteiger partial charge in [-0.15, -0.1) is 11.3 Å². The number of hydrogen-bond donors (Lipinski definition) is 1. The predicted octanol–water partition coefficient (Wildman–Crippen LogP) is 4.41. The van der Waals surface area contributed by atoms with Crippen LogP contribution in [0.3, 0.4) is 0 Å². The van der Waals surface area contributed by atoms with E-state index in [1.807, 2.05) is 17.5 Å². The third kappa shape index (κ3) is 3.74. The van der Waals surface area contributed by atoms with Crippen molar-refractivity contribution in [3.63, 3.8) is 0 Å². The monoisotopic (exact) mass is 348 g/mol. The van der Waals surface area contributed by atoms with E-state index in [4.69, 9.17) is 16.0 Å². The van der Waals surface area contributed by atoms with Crippen molar-refractivity contribution in [1.82, 2.24) is 4.98 Å². The summed E-state index contributed by atoms with van der Waals surface area (Å²) in [6.07, 6.45) is 1.34. The summed E-state index contributed by atoms with van der Waals surface area (Å²) in [6, 6.07) is 10.1. The van der Waals surface area contributed by atoms with Gasteiger partial charge in [-0.05, 0) is 18.2 Å². The number of halogens is 1. The summed E-state index contributed by atoms with van der Waals surface area (Å²) in [6.45, 7) is 0. The van der Waals surface area contributed by atoms with Crippen LogP contribution in [0.2, 0.25) is 5.02 Å². The van der Waals surface area contributed by atoms with E-state index in [9.17, 15) is 10.1 Å². The molecule has 3 aromatic rings. The molecule has 0 aliphatic rings. The highest BCUT2D eigenvalue weighted by atomic mass is 35.5. The standard InChI is InChI=1S/C14H9ClN4O3S/c15-10-3-1-9(2-4-10)12-8-23-14(17-12)18-16-7-11-5-6-13(22-11)19(20)21/h1-8H,(H,17,18)/b16-7-. The van der Waals surface area contributed by atoms with Crippen LogP contribution in [0.5, 0.6) is 0 Å². The van der Waals surface area contributed by atoms with Gasteiger partial charge in [-0.1, -0.05) is 23.7 Å². The Morgan fingerprint density at radius 1 is 1.30 bits per heavy atom. The molecule has 0 bridgehead atoms. The van der Waals surface area contributed by atoms with Gasteiger partial charge in [-0.3, -0.25) is 15.5 Å². The lowest BCUT2D eigenvalue weighted by atomic mass is 10.2. The Labute approximate surface area is 139 Å². The average molecular weight is 349 g/mol. The number of furan rings is 1. The Hall–Kier alpha value is -2.71. The minimum atomic E-state index is -0.607. The van der Waals surface area contributed by atoms with Crippen LogP contribution >= 0.6 is 22.9 Å². The third-order valence-electron chi connectivity index (χ3n) is 2.79.